The van der Waals surface area contributed by atoms with Crippen LogP contribution in [0.2, 0.25) is 0 Å². The average Bonchev–Trinajstić information content (AvgIpc) is 2.72. The molecule has 2 aromatic rings. The minimum absolute atomic E-state index is 0.628. The second-order valence-electron chi connectivity index (χ2n) is 4.15. The Morgan fingerprint density at radius 2 is 1.94 bits per heavy atom. The van der Waals surface area contributed by atoms with Crippen molar-refractivity contribution < 1.29 is 4.42 Å². The topological polar surface area (TPSA) is 39.2 Å². The van der Waals surface area contributed by atoms with Crippen LogP contribution in [0.1, 0.15) is 22.6 Å². The molecule has 17 heavy (non-hydrogen) atoms. The summed E-state index contributed by atoms with van der Waals surface area (Å²) in [7, 11) is 0. The van der Waals surface area contributed by atoms with Gasteiger partial charge in [-0.05, 0) is 48.9 Å². The van der Waals surface area contributed by atoms with Crippen LogP contribution in [-0.2, 0) is 12.8 Å². The van der Waals surface area contributed by atoms with E-state index in [1.807, 2.05) is 12.1 Å². The first-order chi connectivity index (χ1) is 8.19. The van der Waals surface area contributed by atoms with Gasteiger partial charge in [0.2, 0.25) is 0 Å². The molecule has 0 aliphatic carbocycles. The monoisotopic (exact) mass is 293 g/mol. The van der Waals surface area contributed by atoms with Gasteiger partial charge in [0.1, 0.15) is 11.5 Å². The summed E-state index contributed by atoms with van der Waals surface area (Å²) in [6.45, 7) is 2.74. The van der Waals surface area contributed by atoms with Gasteiger partial charge >= 0.3 is 0 Å². The molecule has 0 aliphatic rings. The zero-order valence-electron chi connectivity index (χ0n) is 9.87. The van der Waals surface area contributed by atoms with E-state index in [2.05, 4.69) is 41.1 Å². The minimum atomic E-state index is 0.628. The lowest BCUT2D eigenvalue weighted by Gasteiger charge is -2.04. The first-order valence-corrected chi connectivity index (χ1v) is 6.51. The van der Waals surface area contributed by atoms with Crippen LogP contribution in [0.3, 0.4) is 0 Å². The molecule has 1 aromatic heterocycles. The van der Waals surface area contributed by atoms with Gasteiger partial charge in [-0.1, -0.05) is 22.0 Å². The molecule has 0 bridgehead atoms. The Bertz CT molecular complexity index is 505. The lowest BCUT2D eigenvalue weighted by Crippen LogP contribution is -2.01. The van der Waals surface area contributed by atoms with Crippen molar-refractivity contribution in [2.24, 2.45) is 5.73 Å². The normalized spacial score (nSPS) is 10.8. The summed E-state index contributed by atoms with van der Waals surface area (Å²) in [5.41, 5.74) is 8.07. The summed E-state index contributed by atoms with van der Waals surface area (Å²) in [5.74, 6) is 1.96. The van der Waals surface area contributed by atoms with E-state index in [9.17, 15) is 0 Å². The molecule has 2 N–H and O–H groups in total. The quantitative estimate of drug-likeness (QED) is 0.938. The summed E-state index contributed by atoms with van der Waals surface area (Å²) >= 11 is 3.49. The zero-order valence-corrected chi connectivity index (χ0v) is 11.5. The molecule has 1 aromatic carbocycles. The van der Waals surface area contributed by atoms with Crippen LogP contribution >= 0.6 is 15.9 Å². The number of benzene rings is 1. The van der Waals surface area contributed by atoms with E-state index in [0.29, 0.717) is 6.54 Å². The molecule has 0 amide bonds. The number of hydrogen-bond donors (Lipinski definition) is 1. The van der Waals surface area contributed by atoms with Crippen molar-refractivity contribution in [1.82, 2.24) is 0 Å². The van der Waals surface area contributed by atoms with Crippen molar-refractivity contribution in [3.8, 4) is 0 Å². The van der Waals surface area contributed by atoms with E-state index in [1.54, 1.807) is 0 Å². The number of aryl methyl sites for hydroxylation is 1. The molecule has 0 atom stereocenters. The average molecular weight is 294 g/mol. The van der Waals surface area contributed by atoms with Crippen molar-refractivity contribution in [1.29, 1.82) is 0 Å². The maximum absolute atomic E-state index is 5.73. The molecule has 2 nitrogen and oxygen atoms in total. The van der Waals surface area contributed by atoms with Crippen molar-refractivity contribution in [3.05, 3.63) is 57.5 Å². The Labute approximate surface area is 110 Å². The van der Waals surface area contributed by atoms with E-state index in [4.69, 9.17) is 10.2 Å². The number of hydrogen-bond acceptors (Lipinski definition) is 2. The summed E-state index contributed by atoms with van der Waals surface area (Å²) < 4.78 is 6.83. The molecule has 90 valence electrons. The third kappa shape index (κ3) is 3.20. The van der Waals surface area contributed by atoms with Gasteiger partial charge in [0.25, 0.3) is 0 Å². The maximum atomic E-state index is 5.73. The van der Waals surface area contributed by atoms with Gasteiger partial charge in [-0.3, -0.25) is 0 Å². The van der Waals surface area contributed by atoms with Crippen LogP contribution in [0.4, 0.5) is 0 Å². The molecule has 0 fully saturated rings. The van der Waals surface area contributed by atoms with E-state index in [-0.39, 0.29) is 0 Å². The van der Waals surface area contributed by atoms with Crippen LogP contribution in [0.25, 0.3) is 0 Å². The Balaban J connectivity index is 2.16. The van der Waals surface area contributed by atoms with E-state index in [1.165, 1.54) is 11.1 Å². The number of nitrogens with two attached hydrogens (primary N) is 1. The molecule has 0 radical (unpaired) electrons. The molecule has 0 saturated carbocycles. The Kier molecular flexibility index (Phi) is 4.02. The number of halogens is 1. The predicted octanol–water partition coefficient (Wildman–Crippen LogP) is 3.44. The number of rotatable bonds is 4. The highest BCUT2D eigenvalue weighted by atomic mass is 79.9. The van der Waals surface area contributed by atoms with Gasteiger partial charge in [-0.25, -0.2) is 0 Å². The van der Waals surface area contributed by atoms with Crippen LogP contribution < -0.4 is 5.73 Å². The third-order valence-corrected chi connectivity index (χ3v) is 3.28. The molecule has 0 saturated heterocycles. The van der Waals surface area contributed by atoms with Crippen molar-refractivity contribution in [3.63, 3.8) is 0 Å². The fourth-order valence-corrected chi connectivity index (χ4v) is 2.22. The SMILES string of the molecule is Cc1ccc(Br)cc1Cc1ccc(CCN)o1. The number of furan rings is 1. The van der Waals surface area contributed by atoms with Crippen molar-refractivity contribution >= 4 is 15.9 Å². The van der Waals surface area contributed by atoms with Gasteiger partial charge in [-0.15, -0.1) is 0 Å². The van der Waals surface area contributed by atoms with Crippen LogP contribution in [-0.4, -0.2) is 6.54 Å². The molecule has 3 heteroatoms. The molecule has 2 rings (SSSR count). The predicted molar refractivity (Wildman–Crippen MR) is 73.2 cm³/mol. The van der Waals surface area contributed by atoms with Crippen LogP contribution in [0.15, 0.2) is 39.2 Å². The second-order valence-corrected chi connectivity index (χ2v) is 5.07. The zero-order chi connectivity index (χ0) is 12.3. The Morgan fingerprint density at radius 3 is 2.71 bits per heavy atom. The largest absolute Gasteiger partial charge is 0.466 e. The van der Waals surface area contributed by atoms with Crippen LogP contribution in [0.5, 0.6) is 0 Å². The lowest BCUT2D eigenvalue weighted by molar-refractivity contribution is 0.474. The summed E-state index contributed by atoms with van der Waals surface area (Å²) in [6, 6.07) is 10.4. The van der Waals surface area contributed by atoms with Crippen molar-refractivity contribution in [2.45, 2.75) is 19.8 Å². The molecule has 0 aliphatic heterocycles. The molecule has 0 unspecified atom stereocenters. The summed E-state index contributed by atoms with van der Waals surface area (Å²) in [5, 5.41) is 0. The van der Waals surface area contributed by atoms with Gasteiger partial charge < -0.3 is 10.2 Å². The van der Waals surface area contributed by atoms with E-state index in [0.717, 1.165) is 28.8 Å². The fraction of sp³-hybridized carbons (Fsp3) is 0.286. The highest BCUT2D eigenvalue weighted by molar-refractivity contribution is 9.10. The van der Waals surface area contributed by atoms with Gasteiger partial charge in [0.05, 0.1) is 0 Å². The summed E-state index contributed by atoms with van der Waals surface area (Å²) in [6.07, 6.45) is 1.63. The molecule has 0 spiro atoms. The highest BCUT2D eigenvalue weighted by Gasteiger charge is 2.05. The van der Waals surface area contributed by atoms with Gasteiger partial charge in [0.15, 0.2) is 0 Å². The van der Waals surface area contributed by atoms with Crippen molar-refractivity contribution in [2.75, 3.05) is 6.54 Å². The van der Waals surface area contributed by atoms with Crippen LogP contribution in [0, 0.1) is 6.92 Å². The van der Waals surface area contributed by atoms with E-state index >= 15 is 0 Å². The molecular formula is C14H16BrNO. The molecular weight excluding hydrogens is 278 g/mol. The maximum Gasteiger partial charge on any atom is 0.108 e. The first kappa shape index (κ1) is 12.4. The first-order valence-electron chi connectivity index (χ1n) is 5.71. The highest BCUT2D eigenvalue weighted by Crippen LogP contribution is 2.20. The Hall–Kier alpha value is -1.06. The van der Waals surface area contributed by atoms with Gasteiger partial charge in [0, 0.05) is 17.3 Å². The Morgan fingerprint density at radius 1 is 1.18 bits per heavy atom. The second kappa shape index (κ2) is 5.52. The molecule has 1 heterocycles. The fourth-order valence-electron chi connectivity index (χ4n) is 1.81. The van der Waals surface area contributed by atoms with E-state index < -0.39 is 0 Å². The van der Waals surface area contributed by atoms with Gasteiger partial charge in [-0.2, -0.15) is 0 Å². The minimum Gasteiger partial charge on any atom is -0.466 e. The lowest BCUT2D eigenvalue weighted by atomic mass is 10.1. The smallest absolute Gasteiger partial charge is 0.108 e. The summed E-state index contributed by atoms with van der Waals surface area (Å²) in [4.78, 5) is 0. The third-order valence-electron chi connectivity index (χ3n) is 2.78. The standard InChI is InChI=1S/C14H16BrNO/c1-10-2-3-12(15)8-11(10)9-14-5-4-13(17-14)6-7-16/h2-5,8H,6-7,9,16H2,1H3.